The molecular weight excluding hydrogens is 460 g/mol. The quantitative estimate of drug-likeness (QED) is 0.339. The van der Waals surface area contributed by atoms with Crippen LogP contribution in [0.3, 0.4) is 0 Å². The number of unbranched alkanes of at least 4 members (excludes halogenated alkanes) is 2. The third-order valence-corrected chi connectivity index (χ3v) is 8.50. The Balaban J connectivity index is 1.83. The van der Waals surface area contributed by atoms with Crippen molar-refractivity contribution in [3.8, 4) is 0 Å². The van der Waals surface area contributed by atoms with Crippen LogP contribution in [0.1, 0.15) is 64.0 Å². The molecule has 36 heavy (non-hydrogen) atoms. The Labute approximate surface area is 212 Å². The van der Waals surface area contributed by atoms with Gasteiger partial charge in [0.15, 0.2) is 0 Å². The highest BCUT2D eigenvalue weighted by Gasteiger charge is 2.79. The third-order valence-electron chi connectivity index (χ3n) is 8.50. The van der Waals surface area contributed by atoms with Crippen LogP contribution in [0.15, 0.2) is 43.0 Å². The summed E-state index contributed by atoms with van der Waals surface area (Å²) >= 11 is 0. The number of nitrogens with zero attached hydrogens (tertiary/aromatic N) is 2. The molecule has 2 N–H and O–H groups in total. The smallest absolute Gasteiger partial charge is 0.310 e. The fraction of sp³-hybridized carbons (Fsp3) is 0.607. The second-order valence-electron chi connectivity index (χ2n) is 10.3. The number of hydrogen-bond donors (Lipinski definition) is 2. The number of carboxylic acids is 1. The van der Waals surface area contributed by atoms with E-state index in [1.807, 2.05) is 37.3 Å². The Morgan fingerprint density at radius 1 is 1.25 bits per heavy atom. The molecule has 8 heteroatoms. The lowest BCUT2D eigenvalue weighted by Gasteiger charge is -2.39. The molecule has 0 radical (unpaired) electrons. The van der Waals surface area contributed by atoms with Crippen molar-refractivity contribution in [1.29, 1.82) is 0 Å². The summed E-state index contributed by atoms with van der Waals surface area (Å²) in [5.41, 5.74) is -1.51. The molecule has 0 aromatic heterocycles. The number of benzene rings is 1. The van der Waals surface area contributed by atoms with Crippen LogP contribution in [0.4, 0.5) is 0 Å². The monoisotopic (exact) mass is 498 g/mol. The van der Waals surface area contributed by atoms with E-state index in [0.29, 0.717) is 37.9 Å². The number of carboxylic acid groups (broad SMARTS) is 1. The third kappa shape index (κ3) is 3.95. The van der Waals surface area contributed by atoms with Crippen LogP contribution < -0.4 is 0 Å². The molecule has 2 amide bonds. The van der Waals surface area contributed by atoms with Gasteiger partial charge in [0.05, 0.1) is 24.2 Å². The largest absolute Gasteiger partial charge is 0.481 e. The number of rotatable bonds is 12. The highest BCUT2D eigenvalue weighted by Crippen LogP contribution is 2.65. The molecule has 3 heterocycles. The lowest BCUT2D eigenvalue weighted by atomic mass is 9.65. The molecule has 2 unspecified atom stereocenters. The molecule has 6 atom stereocenters. The van der Waals surface area contributed by atoms with Gasteiger partial charge in [0.1, 0.15) is 17.6 Å². The molecule has 4 rings (SSSR count). The number of likely N-dealkylation sites (tertiary alicyclic amines) is 1. The molecule has 3 saturated heterocycles. The summed E-state index contributed by atoms with van der Waals surface area (Å²) in [6.07, 6.45) is 5.80. The predicted octanol–water partition coefficient (Wildman–Crippen LogP) is 3.16. The van der Waals surface area contributed by atoms with E-state index in [1.54, 1.807) is 11.0 Å². The summed E-state index contributed by atoms with van der Waals surface area (Å²) in [6.45, 7) is 8.22. The highest BCUT2D eigenvalue weighted by atomic mass is 16.5. The number of aliphatic carboxylic acids is 1. The summed E-state index contributed by atoms with van der Waals surface area (Å²) in [5.74, 6) is -3.78. The Hall–Kier alpha value is -2.71. The van der Waals surface area contributed by atoms with Gasteiger partial charge in [-0.25, -0.2) is 0 Å². The number of carbonyl (C=O) groups is 3. The zero-order valence-electron chi connectivity index (χ0n) is 21.3. The molecule has 2 bridgehead atoms. The Kier molecular flexibility index (Phi) is 7.57. The first-order chi connectivity index (χ1) is 17.3. The van der Waals surface area contributed by atoms with Crippen molar-refractivity contribution in [2.24, 2.45) is 11.8 Å². The summed E-state index contributed by atoms with van der Waals surface area (Å²) in [5, 5.41) is 20.7. The van der Waals surface area contributed by atoms with Crippen molar-refractivity contribution >= 4 is 17.8 Å². The van der Waals surface area contributed by atoms with E-state index in [-0.39, 0.29) is 5.91 Å². The standard InChI is InChI=1S/C28H38N2O6/c1-4-7-11-17-29(16-5-2)25(33)23-28-15-14-27(6-3,36-28)22(26(34)35)21(28)24(32)30(23)20(18-31)19-12-9-8-10-13-19/h5,8-10,12-13,20-23,31H,2,4,6-7,11,14-18H2,1,3H3,(H,34,35)/t20-,21+,22+,23?,27-,28?/m1/s1. The van der Waals surface area contributed by atoms with E-state index in [9.17, 15) is 24.6 Å². The molecule has 196 valence electrons. The molecule has 1 spiro atoms. The van der Waals surface area contributed by atoms with E-state index in [2.05, 4.69) is 13.5 Å². The van der Waals surface area contributed by atoms with Crippen LogP contribution in [-0.2, 0) is 19.1 Å². The molecule has 8 nitrogen and oxygen atoms in total. The fourth-order valence-electron chi connectivity index (χ4n) is 6.85. The Morgan fingerprint density at radius 2 is 1.97 bits per heavy atom. The Bertz CT molecular complexity index is 999. The minimum absolute atomic E-state index is 0.269. The molecule has 3 aliphatic rings. The predicted molar refractivity (Wildman–Crippen MR) is 134 cm³/mol. The van der Waals surface area contributed by atoms with Crippen LogP contribution in [-0.4, -0.2) is 74.7 Å². The number of aliphatic hydroxyl groups is 1. The minimum Gasteiger partial charge on any atom is -0.481 e. The Morgan fingerprint density at radius 3 is 2.56 bits per heavy atom. The van der Waals surface area contributed by atoms with E-state index in [4.69, 9.17) is 4.74 Å². The van der Waals surface area contributed by atoms with E-state index < -0.39 is 53.6 Å². The first-order valence-electron chi connectivity index (χ1n) is 13.1. The van der Waals surface area contributed by atoms with Gasteiger partial charge in [0.25, 0.3) is 0 Å². The average Bonchev–Trinajstić information content (AvgIpc) is 3.48. The number of ether oxygens (including phenoxy) is 1. The summed E-state index contributed by atoms with van der Waals surface area (Å²) in [4.78, 5) is 44.1. The van der Waals surface area contributed by atoms with E-state index in [1.165, 1.54) is 4.90 Å². The number of fused-ring (bicyclic) bond motifs is 1. The number of hydrogen-bond acceptors (Lipinski definition) is 5. The topological polar surface area (TPSA) is 107 Å². The maximum atomic E-state index is 14.3. The molecule has 1 aromatic carbocycles. The summed E-state index contributed by atoms with van der Waals surface area (Å²) in [6, 6.07) is 7.29. The van der Waals surface area contributed by atoms with Crippen LogP contribution in [0, 0.1) is 11.8 Å². The van der Waals surface area contributed by atoms with Crippen LogP contribution in [0.25, 0.3) is 0 Å². The first kappa shape index (κ1) is 26.4. The van der Waals surface area contributed by atoms with Gasteiger partial charge in [-0.15, -0.1) is 6.58 Å². The normalized spacial score (nSPS) is 31.4. The van der Waals surface area contributed by atoms with Gasteiger partial charge >= 0.3 is 5.97 Å². The van der Waals surface area contributed by atoms with Gasteiger partial charge in [-0.05, 0) is 31.2 Å². The molecule has 1 aromatic rings. The van der Waals surface area contributed by atoms with Crippen LogP contribution in [0.5, 0.6) is 0 Å². The van der Waals surface area contributed by atoms with Crippen LogP contribution in [0.2, 0.25) is 0 Å². The lowest BCUT2D eigenvalue weighted by Crippen LogP contribution is -2.57. The first-order valence-corrected chi connectivity index (χ1v) is 13.1. The van der Waals surface area contributed by atoms with Gasteiger partial charge in [-0.2, -0.15) is 0 Å². The number of carbonyl (C=O) groups excluding carboxylic acids is 2. The second-order valence-corrected chi connectivity index (χ2v) is 10.3. The highest BCUT2D eigenvalue weighted by molar-refractivity contribution is 5.98. The van der Waals surface area contributed by atoms with Crippen molar-refractivity contribution in [2.75, 3.05) is 19.7 Å². The molecule has 3 aliphatic heterocycles. The van der Waals surface area contributed by atoms with Crippen molar-refractivity contribution in [1.82, 2.24) is 9.80 Å². The zero-order valence-corrected chi connectivity index (χ0v) is 21.3. The maximum absolute atomic E-state index is 14.3. The van der Waals surface area contributed by atoms with Crippen molar-refractivity contribution in [3.05, 3.63) is 48.6 Å². The second kappa shape index (κ2) is 10.3. The maximum Gasteiger partial charge on any atom is 0.310 e. The van der Waals surface area contributed by atoms with Gasteiger partial charge in [-0.3, -0.25) is 14.4 Å². The van der Waals surface area contributed by atoms with Gasteiger partial charge in [0.2, 0.25) is 11.8 Å². The molecule has 0 saturated carbocycles. The fourth-order valence-corrected chi connectivity index (χ4v) is 6.85. The summed E-state index contributed by atoms with van der Waals surface area (Å²) in [7, 11) is 0. The molecular formula is C28H38N2O6. The molecule has 3 fully saturated rings. The zero-order chi connectivity index (χ0) is 26.1. The van der Waals surface area contributed by atoms with Gasteiger partial charge < -0.3 is 24.7 Å². The van der Waals surface area contributed by atoms with Crippen molar-refractivity contribution in [2.45, 2.75) is 75.7 Å². The van der Waals surface area contributed by atoms with Crippen LogP contribution >= 0.6 is 0 Å². The van der Waals surface area contributed by atoms with E-state index >= 15 is 0 Å². The number of aliphatic hydroxyl groups excluding tert-OH is 1. The van der Waals surface area contributed by atoms with Crippen molar-refractivity contribution in [3.63, 3.8) is 0 Å². The van der Waals surface area contributed by atoms with Crippen molar-refractivity contribution < 1.29 is 29.3 Å². The molecule has 0 aliphatic carbocycles. The SMILES string of the molecule is C=CCN(CCCCC)C(=O)C1N([C@H](CO)c2ccccc2)C(=O)[C@@H]2[C@@H](C(=O)O)[C@@]3(CC)CCC12O3. The minimum atomic E-state index is -1.24. The summed E-state index contributed by atoms with van der Waals surface area (Å²) < 4.78 is 6.62. The lowest BCUT2D eigenvalue weighted by molar-refractivity contribution is -0.160. The van der Waals surface area contributed by atoms with Gasteiger partial charge in [-0.1, -0.05) is 63.1 Å². The van der Waals surface area contributed by atoms with Gasteiger partial charge in [0, 0.05) is 13.1 Å². The average molecular weight is 499 g/mol. The number of amides is 2. The van der Waals surface area contributed by atoms with E-state index in [0.717, 1.165) is 19.3 Å².